The minimum Gasteiger partial charge on any atom is -0.347 e. The van der Waals surface area contributed by atoms with Gasteiger partial charge in [0.05, 0.1) is 27.8 Å². The number of halogens is 1. The molecule has 0 atom stereocenters. The van der Waals surface area contributed by atoms with Crippen LogP contribution in [0.3, 0.4) is 0 Å². The van der Waals surface area contributed by atoms with Crippen LogP contribution in [0.1, 0.15) is 15.2 Å². The third kappa shape index (κ3) is 3.40. The number of para-hydroxylation sites is 1. The highest BCUT2D eigenvalue weighted by Crippen LogP contribution is 2.21. The molecule has 106 valence electrons. The lowest BCUT2D eigenvalue weighted by Crippen LogP contribution is -2.21. The number of hydrogen-bond acceptors (Lipinski definition) is 3. The van der Waals surface area contributed by atoms with Gasteiger partial charge in [0.25, 0.3) is 5.91 Å². The summed E-state index contributed by atoms with van der Waals surface area (Å²) in [6, 6.07) is 13.7. The van der Waals surface area contributed by atoms with Crippen LogP contribution in [0.2, 0.25) is 0 Å². The molecule has 1 amide bonds. The van der Waals surface area contributed by atoms with Crippen molar-refractivity contribution in [3.05, 3.63) is 69.1 Å². The van der Waals surface area contributed by atoms with Crippen molar-refractivity contribution >= 4 is 33.2 Å². The van der Waals surface area contributed by atoms with Gasteiger partial charge in [-0.05, 0) is 40.2 Å². The van der Waals surface area contributed by atoms with Crippen molar-refractivity contribution < 1.29 is 4.79 Å². The normalized spacial score (nSPS) is 10.5. The highest BCUT2D eigenvalue weighted by molar-refractivity contribution is 9.11. The van der Waals surface area contributed by atoms with Crippen molar-refractivity contribution in [2.24, 2.45) is 0 Å². The molecule has 2 aromatic heterocycles. The van der Waals surface area contributed by atoms with E-state index < -0.39 is 0 Å². The monoisotopic (exact) mass is 361 g/mol. The number of nitrogens with zero attached hydrogens (tertiary/aromatic N) is 2. The summed E-state index contributed by atoms with van der Waals surface area (Å²) >= 11 is 5.01. The number of amides is 1. The van der Waals surface area contributed by atoms with E-state index >= 15 is 0 Å². The summed E-state index contributed by atoms with van der Waals surface area (Å²) in [5.41, 5.74) is 1.48. The van der Waals surface area contributed by atoms with Gasteiger partial charge in [-0.3, -0.25) is 4.79 Å². The predicted molar refractivity (Wildman–Crippen MR) is 86.8 cm³/mol. The molecule has 4 nitrogen and oxygen atoms in total. The molecule has 3 aromatic rings. The molecule has 0 aliphatic rings. The third-order valence-electron chi connectivity index (χ3n) is 2.92. The van der Waals surface area contributed by atoms with Gasteiger partial charge in [0, 0.05) is 11.1 Å². The maximum absolute atomic E-state index is 12.1. The van der Waals surface area contributed by atoms with Crippen molar-refractivity contribution in [3.63, 3.8) is 0 Å². The van der Waals surface area contributed by atoms with Crippen molar-refractivity contribution in [2.45, 2.75) is 6.54 Å². The second-order valence-corrected chi connectivity index (χ2v) is 6.95. The lowest BCUT2D eigenvalue weighted by atomic mass is 10.3. The van der Waals surface area contributed by atoms with Crippen LogP contribution in [0.25, 0.3) is 5.69 Å². The highest BCUT2D eigenvalue weighted by atomic mass is 79.9. The van der Waals surface area contributed by atoms with E-state index in [0.29, 0.717) is 12.1 Å². The van der Waals surface area contributed by atoms with Gasteiger partial charge in [-0.25, -0.2) is 4.68 Å². The zero-order valence-electron chi connectivity index (χ0n) is 11.0. The van der Waals surface area contributed by atoms with Gasteiger partial charge in [-0.1, -0.05) is 18.2 Å². The molecule has 0 saturated heterocycles. The van der Waals surface area contributed by atoms with Crippen LogP contribution < -0.4 is 5.32 Å². The molecule has 0 unspecified atom stereocenters. The van der Waals surface area contributed by atoms with Crippen molar-refractivity contribution in [1.82, 2.24) is 15.1 Å². The SMILES string of the molecule is O=C(NCc1ccc(Br)s1)c1cnn(-c2ccccc2)c1. The average molecular weight is 362 g/mol. The number of hydrogen-bond donors (Lipinski definition) is 1. The lowest BCUT2D eigenvalue weighted by Gasteiger charge is -2.01. The molecule has 0 bridgehead atoms. The smallest absolute Gasteiger partial charge is 0.254 e. The Bertz CT molecular complexity index is 751. The number of carbonyl (C=O) groups excluding carboxylic acids is 1. The zero-order chi connectivity index (χ0) is 14.7. The Labute approximate surface area is 134 Å². The van der Waals surface area contributed by atoms with Crippen molar-refractivity contribution in [1.29, 1.82) is 0 Å². The molecule has 3 rings (SSSR count). The van der Waals surface area contributed by atoms with Crippen LogP contribution in [0, 0.1) is 0 Å². The molecule has 0 saturated carbocycles. The maximum Gasteiger partial charge on any atom is 0.254 e. The standard InChI is InChI=1S/C15H12BrN3OS/c16-14-7-6-13(21-14)9-17-15(20)11-8-18-19(10-11)12-4-2-1-3-5-12/h1-8,10H,9H2,(H,17,20). The first kappa shape index (κ1) is 14.0. The van der Waals surface area contributed by atoms with Gasteiger partial charge in [0.2, 0.25) is 0 Å². The summed E-state index contributed by atoms with van der Waals surface area (Å²) in [6.45, 7) is 0.519. The summed E-state index contributed by atoms with van der Waals surface area (Å²) in [6.07, 6.45) is 3.31. The van der Waals surface area contributed by atoms with Gasteiger partial charge in [0.15, 0.2) is 0 Å². The average Bonchev–Trinajstić information content (AvgIpc) is 3.15. The van der Waals surface area contributed by atoms with E-state index in [1.807, 2.05) is 42.5 Å². The molecule has 1 aromatic carbocycles. The Morgan fingerprint density at radius 3 is 2.76 bits per heavy atom. The topological polar surface area (TPSA) is 46.9 Å². The van der Waals surface area contributed by atoms with Crippen LogP contribution in [0.5, 0.6) is 0 Å². The minimum absolute atomic E-state index is 0.123. The molecule has 0 radical (unpaired) electrons. The molecule has 0 aliphatic carbocycles. The first-order valence-electron chi connectivity index (χ1n) is 6.35. The number of carbonyl (C=O) groups is 1. The van der Waals surface area contributed by atoms with E-state index in [1.165, 1.54) is 0 Å². The molecule has 1 N–H and O–H groups in total. The van der Waals surface area contributed by atoms with Gasteiger partial charge < -0.3 is 5.32 Å². The quantitative estimate of drug-likeness (QED) is 0.771. The zero-order valence-corrected chi connectivity index (χ0v) is 13.4. The lowest BCUT2D eigenvalue weighted by molar-refractivity contribution is 0.0951. The minimum atomic E-state index is -0.123. The van der Waals surface area contributed by atoms with Crippen molar-refractivity contribution in [3.8, 4) is 5.69 Å². The summed E-state index contributed by atoms with van der Waals surface area (Å²) in [5, 5.41) is 7.11. The summed E-state index contributed by atoms with van der Waals surface area (Å²) in [5.74, 6) is -0.123. The van der Waals surface area contributed by atoms with E-state index in [-0.39, 0.29) is 5.91 Å². The van der Waals surface area contributed by atoms with Crippen molar-refractivity contribution in [2.75, 3.05) is 0 Å². The van der Waals surface area contributed by atoms with Crippen LogP contribution in [0.4, 0.5) is 0 Å². The molecular formula is C15H12BrN3OS. The maximum atomic E-state index is 12.1. The Balaban J connectivity index is 1.67. The molecular weight excluding hydrogens is 350 g/mol. The van der Waals surface area contributed by atoms with Crippen LogP contribution in [0.15, 0.2) is 58.6 Å². The second kappa shape index (κ2) is 6.24. The number of benzene rings is 1. The largest absolute Gasteiger partial charge is 0.347 e. The van der Waals surface area contributed by atoms with E-state index in [0.717, 1.165) is 14.4 Å². The summed E-state index contributed by atoms with van der Waals surface area (Å²) in [4.78, 5) is 13.2. The molecule has 0 fully saturated rings. The van der Waals surface area contributed by atoms with Gasteiger partial charge in [-0.2, -0.15) is 5.10 Å². The fraction of sp³-hybridized carbons (Fsp3) is 0.0667. The van der Waals surface area contributed by atoms with E-state index in [9.17, 15) is 4.79 Å². The van der Waals surface area contributed by atoms with Gasteiger partial charge >= 0.3 is 0 Å². The number of aromatic nitrogens is 2. The summed E-state index contributed by atoms with van der Waals surface area (Å²) in [7, 11) is 0. The Morgan fingerprint density at radius 1 is 1.24 bits per heavy atom. The molecule has 0 aliphatic heterocycles. The van der Waals surface area contributed by atoms with Crippen LogP contribution in [-0.2, 0) is 6.54 Å². The fourth-order valence-corrected chi connectivity index (χ4v) is 3.30. The number of nitrogens with one attached hydrogen (secondary N) is 1. The first-order chi connectivity index (χ1) is 10.2. The highest BCUT2D eigenvalue weighted by Gasteiger charge is 2.09. The Kier molecular flexibility index (Phi) is 4.17. The van der Waals surface area contributed by atoms with Crippen LogP contribution in [-0.4, -0.2) is 15.7 Å². The second-order valence-electron chi connectivity index (χ2n) is 4.40. The number of rotatable bonds is 4. The summed E-state index contributed by atoms with van der Waals surface area (Å²) < 4.78 is 2.75. The predicted octanol–water partition coefficient (Wildman–Crippen LogP) is 3.63. The van der Waals surface area contributed by atoms with E-state index in [2.05, 4.69) is 26.3 Å². The van der Waals surface area contributed by atoms with Gasteiger partial charge in [-0.15, -0.1) is 11.3 Å². The molecule has 2 heterocycles. The molecule has 21 heavy (non-hydrogen) atoms. The Hall–Kier alpha value is -1.92. The third-order valence-corrected chi connectivity index (χ3v) is 4.54. The Morgan fingerprint density at radius 2 is 2.05 bits per heavy atom. The molecule has 0 spiro atoms. The van der Waals surface area contributed by atoms with Gasteiger partial charge in [0.1, 0.15) is 0 Å². The number of thiophene rings is 1. The first-order valence-corrected chi connectivity index (χ1v) is 7.96. The fourth-order valence-electron chi connectivity index (χ4n) is 1.88. The van der Waals surface area contributed by atoms with Crippen LogP contribution >= 0.6 is 27.3 Å². The van der Waals surface area contributed by atoms with E-state index in [4.69, 9.17) is 0 Å². The molecule has 6 heteroatoms. The van der Waals surface area contributed by atoms with E-state index in [1.54, 1.807) is 28.4 Å².